The summed E-state index contributed by atoms with van der Waals surface area (Å²) in [6.07, 6.45) is 5.86. The lowest BCUT2D eigenvalue weighted by molar-refractivity contribution is -0.688. The first-order valence-electron chi connectivity index (χ1n) is 10.2. The highest BCUT2D eigenvalue weighted by Crippen LogP contribution is 2.37. The average molecular weight is 430 g/mol. The Morgan fingerprint density at radius 1 is 1.03 bits per heavy atom. The van der Waals surface area contributed by atoms with E-state index in [1.165, 1.54) is 14.2 Å². The predicted molar refractivity (Wildman–Crippen MR) is 119 cm³/mol. The summed E-state index contributed by atoms with van der Waals surface area (Å²) < 4.78 is 17.6. The van der Waals surface area contributed by atoms with Gasteiger partial charge in [-0.2, -0.15) is 4.57 Å². The normalized spacial score (nSPS) is 13.7. The molecular weight excluding hydrogens is 406 g/mol. The quantitative estimate of drug-likeness (QED) is 0.339. The molecule has 1 aromatic heterocycles. The molecule has 162 valence electrons. The molecule has 2 aromatic carbocycles. The first-order valence-corrected chi connectivity index (χ1v) is 10.2. The van der Waals surface area contributed by atoms with Crippen LogP contribution in [0.3, 0.4) is 0 Å². The Morgan fingerprint density at radius 3 is 2.44 bits per heavy atom. The Bertz CT molecular complexity index is 1210. The van der Waals surface area contributed by atoms with E-state index in [1.807, 2.05) is 53.2 Å². The zero-order valence-electron chi connectivity index (χ0n) is 18.3. The molecule has 3 aromatic rings. The van der Waals surface area contributed by atoms with Crippen LogP contribution in [0.1, 0.15) is 37.4 Å². The second kappa shape index (κ2) is 9.06. The van der Waals surface area contributed by atoms with Crippen molar-refractivity contribution in [3.63, 3.8) is 0 Å². The minimum atomic E-state index is -0.453. The highest BCUT2D eigenvalue weighted by molar-refractivity contribution is 6.16. The number of ketones is 1. The smallest absolute Gasteiger partial charge is 0.344 e. The van der Waals surface area contributed by atoms with E-state index in [9.17, 15) is 9.59 Å². The van der Waals surface area contributed by atoms with Crippen molar-refractivity contribution < 1.29 is 28.4 Å². The molecule has 0 saturated carbocycles. The number of pyridine rings is 1. The number of rotatable bonds is 6. The number of aromatic nitrogens is 1. The number of esters is 1. The van der Waals surface area contributed by atoms with E-state index in [-0.39, 0.29) is 5.78 Å². The van der Waals surface area contributed by atoms with Crippen LogP contribution < -0.4 is 14.0 Å². The zero-order chi connectivity index (χ0) is 22.7. The van der Waals surface area contributed by atoms with Crippen molar-refractivity contribution in [1.82, 2.24) is 0 Å². The molecule has 1 aliphatic rings. The fraction of sp³-hybridized carbons (Fsp3) is 0.192. The van der Waals surface area contributed by atoms with Crippen LogP contribution in [0.5, 0.6) is 11.5 Å². The number of carbonyl (C=O) groups is 2. The van der Waals surface area contributed by atoms with E-state index in [0.717, 1.165) is 11.1 Å². The van der Waals surface area contributed by atoms with Crippen molar-refractivity contribution in [3.8, 4) is 11.5 Å². The minimum absolute atomic E-state index is 0.0854. The molecule has 0 atom stereocenters. The largest absolute Gasteiger partial charge is 0.493 e. The number of carbonyl (C=O) groups excluding carboxylic acids is 2. The number of nitrogens with zero attached hydrogens (tertiary/aromatic N) is 1. The number of ether oxygens (including phenoxy) is 3. The molecule has 1 aliphatic carbocycles. The highest BCUT2D eigenvalue weighted by Gasteiger charge is 2.28. The molecule has 6 nitrogen and oxygen atoms in total. The maximum atomic E-state index is 13.0. The second-order valence-electron chi connectivity index (χ2n) is 7.50. The van der Waals surface area contributed by atoms with Crippen molar-refractivity contribution in [2.75, 3.05) is 21.3 Å². The molecule has 0 fully saturated rings. The Morgan fingerprint density at radius 2 is 1.75 bits per heavy atom. The van der Waals surface area contributed by atoms with E-state index in [0.29, 0.717) is 46.7 Å². The molecule has 0 spiro atoms. The standard InChI is InChI=1S/C26H24NO5/c1-30-23-13-19-12-20(25(28)21(19)14-24(23)31-2)11-18-9-10-27(16-22(18)26(29)32-3)15-17-7-5-4-6-8-17/h4-11,13-14,16H,12,15H2,1-3H3/q+1. The van der Waals surface area contributed by atoms with Gasteiger partial charge in [-0.3, -0.25) is 4.79 Å². The van der Waals surface area contributed by atoms with Crippen LogP contribution in [0, 0.1) is 0 Å². The van der Waals surface area contributed by atoms with Gasteiger partial charge in [-0.05, 0) is 23.8 Å². The van der Waals surface area contributed by atoms with Crippen LogP contribution in [-0.4, -0.2) is 33.1 Å². The van der Waals surface area contributed by atoms with Crippen LogP contribution in [0.25, 0.3) is 6.08 Å². The van der Waals surface area contributed by atoms with Gasteiger partial charge in [0.05, 0.1) is 21.3 Å². The maximum absolute atomic E-state index is 13.0. The van der Waals surface area contributed by atoms with E-state index >= 15 is 0 Å². The first-order chi connectivity index (χ1) is 15.5. The molecule has 0 unspecified atom stereocenters. The van der Waals surface area contributed by atoms with Crippen molar-refractivity contribution in [2.45, 2.75) is 13.0 Å². The predicted octanol–water partition coefficient (Wildman–Crippen LogP) is 3.65. The van der Waals surface area contributed by atoms with Gasteiger partial charge in [-0.15, -0.1) is 0 Å². The molecule has 1 heterocycles. The van der Waals surface area contributed by atoms with E-state index < -0.39 is 5.97 Å². The molecule has 0 N–H and O–H groups in total. The Labute approximate surface area is 186 Å². The van der Waals surface area contributed by atoms with Gasteiger partial charge in [0.15, 0.2) is 36.2 Å². The molecule has 0 bridgehead atoms. The summed E-state index contributed by atoms with van der Waals surface area (Å²) in [5, 5.41) is 0. The van der Waals surface area contributed by atoms with Gasteiger partial charge in [0.2, 0.25) is 0 Å². The lowest BCUT2D eigenvalue weighted by atomic mass is 10.0. The van der Waals surface area contributed by atoms with Crippen LogP contribution >= 0.6 is 0 Å². The molecule has 0 aliphatic heterocycles. The monoisotopic (exact) mass is 430 g/mol. The van der Waals surface area contributed by atoms with Gasteiger partial charge in [-0.25, -0.2) is 4.79 Å². The molecular formula is C26H24NO5+. The van der Waals surface area contributed by atoms with Crippen LogP contribution in [0.4, 0.5) is 0 Å². The Kier molecular flexibility index (Phi) is 6.03. The third kappa shape index (κ3) is 4.12. The molecule has 0 amide bonds. The fourth-order valence-corrected chi connectivity index (χ4v) is 3.89. The van der Waals surface area contributed by atoms with Crippen molar-refractivity contribution in [3.05, 3.63) is 94.3 Å². The summed E-state index contributed by atoms with van der Waals surface area (Å²) in [7, 11) is 4.45. The van der Waals surface area contributed by atoms with Crippen molar-refractivity contribution in [2.24, 2.45) is 0 Å². The second-order valence-corrected chi connectivity index (χ2v) is 7.50. The summed E-state index contributed by atoms with van der Waals surface area (Å²) >= 11 is 0. The summed E-state index contributed by atoms with van der Waals surface area (Å²) in [6.45, 7) is 0.617. The highest BCUT2D eigenvalue weighted by atomic mass is 16.5. The summed E-state index contributed by atoms with van der Waals surface area (Å²) in [4.78, 5) is 25.5. The van der Waals surface area contributed by atoms with Gasteiger partial charge in [0.1, 0.15) is 5.56 Å². The number of methoxy groups -OCH3 is 3. The topological polar surface area (TPSA) is 65.7 Å². The van der Waals surface area contributed by atoms with Crippen molar-refractivity contribution >= 4 is 17.8 Å². The number of hydrogen-bond donors (Lipinski definition) is 0. The maximum Gasteiger partial charge on any atom is 0.344 e. The molecule has 6 heteroatoms. The number of allylic oxidation sites excluding steroid dienone is 1. The minimum Gasteiger partial charge on any atom is -0.493 e. The summed E-state index contributed by atoms with van der Waals surface area (Å²) in [5.41, 5.74) is 4.20. The molecule has 0 radical (unpaired) electrons. The van der Waals surface area contributed by atoms with Gasteiger partial charge in [0, 0.05) is 34.8 Å². The lowest BCUT2D eigenvalue weighted by Crippen LogP contribution is -2.35. The van der Waals surface area contributed by atoms with Gasteiger partial charge in [-0.1, -0.05) is 30.3 Å². The SMILES string of the molecule is COC(=O)c1c[n+](Cc2ccccc2)ccc1C=C1Cc2cc(OC)c(OC)cc2C1=O. The summed E-state index contributed by atoms with van der Waals surface area (Å²) in [5.74, 6) is 0.554. The third-order valence-electron chi connectivity index (χ3n) is 5.52. The molecule has 0 saturated heterocycles. The van der Waals surface area contributed by atoms with E-state index in [1.54, 1.807) is 25.4 Å². The number of benzene rings is 2. The Hall–Kier alpha value is -3.93. The Balaban J connectivity index is 1.69. The van der Waals surface area contributed by atoms with Crippen LogP contribution in [0.2, 0.25) is 0 Å². The van der Waals surface area contributed by atoms with Gasteiger partial charge >= 0.3 is 5.97 Å². The van der Waals surface area contributed by atoms with E-state index in [4.69, 9.17) is 14.2 Å². The summed E-state index contributed by atoms with van der Waals surface area (Å²) in [6, 6.07) is 15.3. The van der Waals surface area contributed by atoms with Crippen LogP contribution in [-0.2, 0) is 17.7 Å². The number of Topliss-reactive ketones (excluding diaryl/α,β-unsaturated/α-hetero) is 1. The third-order valence-corrected chi connectivity index (χ3v) is 5.52. The zero-order valence-corrected chi connectivity index (χ0v) is 18.3. The first kappa shape index (κ1) is 21.3. The number of fused-ring (bicyclic) bond motifs is 1. The van der Waals surface area contributed by atoms with E-state index in [2.05, 4.69) is 0 Å². The fourth-order valence-electron chi connectivity index (χ4n) is 3.89. The van der Waals surface area contributed by atoms with Gasteiger partial charge < -0.3 is 14.2 Å². The van der Waals surface area contributed by atoms with Gasteiger partial charge in [0.25, 0.3) is 0 Å². The molecule has 4 rings (SSSR count). The number of hydrogen-bond acceptors (Lipinski definition) is 5. The van der Waals surface area contributed by atoms with Crippen molar-refractivity contribution in [1.29, 1.82) is 0 Å². The molecule has 32 heavy (non-hydrogen) atoms. The lowest BCUT2D eigenvalue weighted by Gasteiger charge is -2.08. The van der Waals surface area contributed by atoms with Crippen LogP contribution in [0.15, 0.2) is 66.5 Å². The average Bonchev–Trinajstić information content (AvgIpc) is 3.13.